The van der Waals surface area contributed by atoms with Crippen LogP contribution in [-0.2, 0) is 4.79 Å². The van der Waals surface area contributed by atoms with Crippen LogP contribution in [0.15, 0.2) is 18.2 Å². The van der Waals surface area contributed by atoms with Crippen LogP contribution in [-0.4, -0.2) is 42.9 Å². The summed E-state index contributed by atoms with van der Waals surface area (Å²) in [7, 11) is 0. The first kappa shape index (κ1) is 19.0. The fourth-order valence-corrected chi connectivity index (χ4v) is 2.37. The van der Waals surface area contributed by atoms with E-state index in [1.807, 2.05) is 6.92 Å². The molecule has 1 aromatic carbocycles. The molecular formula is C15H22Cl2N2O3. The zero-order valence-corrected chi connectivity index (χ0v) is 14.2. The van der Waals surface area contributed by atoms with Gasteiger partial charge < -0.3 is 20.5 Å². The molecule has 0 radical (unpaired) electrons. The van der Waals surface area contributed by atoms with Gasteiger partial charge in [-0.3, -0.25) is 4.79 Å². The number of rotatable bonds is 5. The molecule has 3 N–H and O–H groups in total. The smallest absolute Gasteiger partial charge is 0.260 e. The average molecular weight is 349 g/mol. The van der Waals surface area contributed by atoms with Gasteiger partial charge in [-0.25, -0.2) is 0 Å². The number of aliphatic hydroxyl groups is 1. The normalized spacial score (nSPS) is 21.8. The van der Waals surface area contributed by atoms with Crippen molar-refractivity contribution in [3.8, 4) is 5.75 Å². The maximum absolute atomic E-state index is 12.0. The zero-order valence-electron chi connectivity index (χ0n) is 12.6. The van der Waals surface area contributed by atoms with Gasteiger partial charge in [0.05, 0.1) is 6.10 Å². The molecule has 3 unspecified atom stereocenters. The highest BCUT2D eigenvalue weighted by Gasteiger charge is 2.26. The molecule has 0 spiro atoms. The lowest BCUT2D eigenvalue weighted by Gasteiger charge is -2.18. The molecule has 0 bridgehead atoms. The number of amides is 1. The third kappa shape index (κ3) is 5.02. The second-order valence-electron chi connectivity index (χ2n) is 5.40. The van der Waals surface area contributed by atoms with Crippen molar-refractivity contribution in [2.24, 2.45) is 5.92 Å². The summed E-state index contributed by atoms with van der Waals surface area (Å²) in [5, 5.41) is 16.2. The lowest BCUT2D eigenvalue weighted by molar-refractivity contribution is -0.127. The van der Waals surface area contributed by atoms with E-state index in [1.165, 1.54) is 0 Å². The fraction of sp³-hybridized carbons (Fsp3) is 0.533. The molecule has 1 amide bonds. The van der Waals surface area contributed by atoms with Crippen LogP contribution in [0.5, 0.6) is 5.75 Å². The van der Waals surface area contributed by atoms with Crippen molar-refractivity contribution in [1.82, 2.24) is 10.6 Å². The molecule has 1 saturated heterocycles. The molecule has 0 saturated carbocycles. The van der Waals surface area contributed by atoms with E-state index in [-0.39, 0.29) is 24.2 Å². The van der Waals surface area contributed by atoms with Gasteiger partial charge in [-0.2, -0.15) is 0 Å². The van der Waals surface area contributed by atoms with Gasteiger partial charge in [0.25, 0.3) is 5.91 Å². The summed E-state index contributed by atoms with van der Waals surface area (Å²) in [6.07, 6.45) is -1.00. The van der Waals surface area contributed by atoms with Crippen molar-refractivity contribution in [3.05, 3.63) is 28.8 Å². The van der Waals surface area contributed by atoms with E-state index >= 15 is 0 Å². The largest absolute Gasteiger partial charge is 0.481 e. The van der Waals surface area contributed by atoms with Crippen LogP contribution in [0.2, 0.25) is 5.02 Å². The van der Waals surface area contributed by atoms with Gasteiger partial charge in [0.1, 0.15) is 5.75 Å². The van der Waals surface area contributed by atoms with Gasteiger partial charge in [0, 0.05) is 30.6 Å². The topological polar surface area (TPSA) is 70.6 Å². The lowest BCUT2D eigenvalue weighted by Crippen LogP contribution is -2.41. The van der Waals surface area contributed by atoms with E-state index in [2.05, 4.69) is 10.6 Å². The Labute approximate surface area is 141 Å². The van der Waals surface area contributed by atoms with Gasteiger partial charge in [0.15, 0.2) is 6.10 Å². The monoisotopic (exact) mass is 348 g/mol. The summed E-state index contributed by atoms with van der Waals surface area (Å²) in [6, 6.07) is 5.29. The van der Waals surface area contributed by atoms with Crippen LogP contribution >= 0.6 is 24.0 Å². The van der Waals surface area contributed by atoms with Gasteiger partial charge in [0.2, 0.25) is 0 Å². The highest BCUT2D eigenvalue weighted by molar-refractivity contribution is 6.31. The number of aryl methyl sites for hydroxylation is 1. The standard InChI is InChI=1S/C15H21ClN2O3.ClH/c1-9-5-12(3-4-13(9)16)21-10(2)15(20)18-7-11-6-17-8-14(11)19;/h3-5,10-11,14,17,19H,6-8H2,1-2H3,(H,18,20);1H. The number of carbonyl (C=O) groups is 1. The zero-order chi connectivity index (χ0) is 15.4. The molecule has 22 heavy (non-hydrogen) atoms. The first-order valence-electron chi connectivity index (χ1n) is 7.06. The SMILES string of the molecule is Cc1cc(OC(C)C(=O)NCC2CNCC2O)ccc1Cl.Cl. The molecule has 1 aliphatic heterocycles. The Balaban J connectivity index is 0.00000242. The number of benzene rings is 1. The van der Waals surface area contributed by atoms with E-state index in [9.17, 15) is 9.90 Å². The minimum Gasteiger partial charge on any atom is -0.481 e. The Hall–Kier alpha value is -1.01. The highest BCUT2D eigenvalue weighted by atomic mass is 35.5. The third-order valence-electron chi connectivity index (χ3n) is 3.65. The van der Waals surface area contributed by atoms with Gasteiger partial charge >= 0.3 is 0 Å². The van der Waals surface area contributed by atoms with Crippen molar-refractivity contribution in [2.45, 2.75) is 26.1 Å². The van der Waals surface area contributed by atoms with Crippen LogP contribution in [0, 0.1) is 12.8 Å². The fourth-order valence-electron chi connectivity index (χ4n) is 2.25. The predicted octanol–water partition coefficient (Wildman–Crippen LogP) is 1.53. The van der Waals surface area contributed by atoms with Crippen LogP contribution in [0.25, 0.3) is 0 Å². The second-order valence-corrected chi connectivity index (χ2v) is 5.81. The molecule has 3 atom stereocenters. The minimum absolute atomic E-state index is 0. The highest BCUT2D eigenvalue weighted by Crippen LogP contribution is 2.21. The van der Waals surface area contributed by atoms with Crippen molar-refractivity contribution in [3.63, 3.8) is 0 Å². The van der Waals surface area contributed by atoms with Crippen LogP contribution in [0.4, 0.5) is 0 Å². The number of halogens is 2. The maximum atomic E-state index is 12.0. The summed E-state index contributed by atoms with van der Waals surface area (Å²) in [4.78, 5) is 12.0. The van der Waals surface area contributed by atoms with Gasteiger partial charge in [-0.15, -0.1) is 12.4 Å². The number of hydrogen-bond donors (Lipinski definition) is 3. The number of carbonyl (C=O) groups excluding carboxylic acids is 1. The van der Waals surface area contributed by atoms with E-state index in [1.54, 1.807) is 25.1 Å². The Kier molecular flexibility index (Phi) is 7.42. The summed E-state index contributed by atoms with van der Waals surface area (Å²) >= 11 is 5.95. The average Bonchev–Trinajstić information content (AvgIpc) is 2.85. The molecule has 0 aliphatic carbocycles. The summed E-state index contributed by atoms with van der Waals surface area (Å²) in [5.74, 6) is 0.475. The third-order valence-corrected chi connectivity index (χ3v) is 4.08. The summed E-state index contributed by atoms with van der Waals surface area (Å²) < 4.78 is 5.61. The predicted molar refractivity (Wildman–Crippen MR) is 88.9 cm³/mol. The molecular weight excluding hydrogens is 327 g/mol. The number of nitrogens with one attached hydrogen (secondary N) is 2. The molecule has 124 valence electrons. The molecule has 1 aliphatic rings. The first-order valence-corrected chi connectivity index (χ1v) is 7.44. The first-order chi connectivity index (χ1) is 9.97. The molecule has 7 heteroatoms. The Bertz CT molecular complexity index is 514. The van der Waals surface area contributed by atoms with E-state index in [0.29, 0.717) is 30.4 Å². The molecule has 1 fully saturated rings. The van der Waals surface area contributed by atoms with Gasteiger partial charge in [-0.05, 0) is 37.6 Å². The lowest BCUT2D eigenvalue weighted by atomic mass is 10.1. The Morgan fingerprint density at radius 1 is 1.55 bits per heavy atom. The molecule has 1 heterocycles. The van der Waals surface area contributed by atoms with Gasteiger partial charge in [-0.1, -0.05) is 11.6 Å². The number of β-amino-alcohol motifs (C(OH)–C–C–N with tert-alkyl or cyclic N) is 1. The second kappa shape index (κ2) is 8.58. The molecule has 0 aromatic heterocycles. The Morgan fingerprint density at radius 3 is 2.86 bits per heavy atom. The minimum atomic E-state index is -0.600. The van der Waals surface area contributed by atoms with Crippen LogP contribution < -0.4 is 15.4 Å². The quantitative estimate of drug-likeness (QED) is 0.754. The Morgan fingerprint density at radius 2 is 2.27 bits per heavy atom. The van der Waals surface area contributed by atoms with Crippen molar-refractivity contribution >= 4 is 29.9 Å². The van der Waals surface area contributed by atoms with Crippen molar-refractivity contribution in [1.29, 1.82) is 0 Å². The van der Waals surface area contributed by atoms with E-state index < -0.39 is 12.2 Å². The van der Waals surface area contributed by atoms with Crippen LogP contribution in [0.3, 0.4) is 0 Å². The maximum Gasteiger partial charge on any atom is 0.260 e. The van der Waals surface area contributed by atoms with E-state index in [4.69, 9.17) is 16.3 Å². The molecule has 5 nitrogen and oxygen atoms in total. The summed E-state index contributed by atoms with van der Waals surface area (Å²) in [6.45, 7) is 5.32. The molecule has 1 aromatic rings. The van der Waals surface area contributed by atoms with E-state index in [0.717, 1.165) is 5.56 Å². The van der Waals surface area contributed by atoms with Crippen molar-refractivity contribution in [2.75, 3.05) is 19.6 Å². The number of hydrogen-bond acceptors (Lipinski definition) is 4. The number of ether oxygens (including phenoxy) is 1. The summed E-state index contributed by atoms with van der Waals surface area (Å²) in [5.41, 5.74) is 0.905. The molecule has 2 rings (SSSR count). The van der Waals surface area contributed by atoms with Crippen LogP contribution in [0.1, 0.15) is 12.5 Å². The number of aliphatic hydroxyl groups excluding tert-OH is 1. The van der Waals surface area contributed by atoms with Crippen molar-refractivity contribution < 1.29 is 14.6 Å².